The molecule has 0 aliphatic heterocycles. The van der Waals surface area contributed by atoms with E-state index in [0.717, 1.165) is 5.56 Å². The molecule has 0 saturated carbocycles. The van der Waals surface area contributed by atoms with Gasteiger partial charge in [0.15, 0.2) is 0 Å². The van der Waals surface area contributed by atoms with Crippen molar-refractivity contribution >= 4 is 16.9 Å². The van der Waals surface area contributed by atoms with E-state index in [1.165, 1.54) is 42.3 Å². The van der Waals surface area contributed by atoms with Crippen LogP contribution in [-0.2, 0) is 6.54 Å². The quantitative estimate of drug-likeness (QED) is 0.470. The number of hydrogen-bond donors (Lipinski definition) is 3. The van der Waals surface area contributed by atoms with Gasteiger partial charge >= 0.3 is 0 Å². The molecule has 4 rings (SSSR count). The van der Waals surface area contributed by atoms with Gasteiger partial charge < -0.3 is 20.1 Å². The number of ether oxygens (including phenoxy) is 1. The average molecular weight is 408 g/mol. The summed E-state index contributed by atoms with van der Waals surface area (Å²) >= 11 is 0. The van der Waals surface area contributed by atoms with Crippen molar-refractivity contribution in [2.24, 2.45) is 0 Å². The number of halogens is 1. The molecule has 0 radical (unpaired) electrons. The van der Waals surface area contributed by atoms with Crippen molar-refractivity contribution in [2.45, 2.75) is 6.54 Å². The highest BCUT2D eigenvalue weighted by atomic mass is 19.1. The number of hydrogen-bond acceptors (Lipinski definition) is 5. The van der Waals surface area contributed by atoms with Crippen molar-refractivity contribution in [1.29, 1.82) is 0 Å². The number of aromatic amines is 1. The number of pyridine rings is 1. The first-order valence-electron chi connectivity index (χ1n) is 8.98. The number of aromatic nitrogens is 3. The van der Waals surface area contributed by atoms with Crippen molar-refractivity contribution in [1.82, 2.24) is 20.1 Å². The van der Waals surface area contributed by atoms with Crippen molar-refractivity contribution < 1.29 is 19.0 Å². The van der Waals surface area contributed by atoms with Crippen LogP contribution in [0.15, 0.2) is 59.5 Å². The molecule has 0 atom stereocenters. The van der Waals surface area contributed by atoms with Crippen LogP contribution in [0, 0.1) is 5.82 Å². The Bertz CT molecular complexity index is 1290. The van der Waals surface area contributed by atoms with Gasteiger partial charge in [-0.3, -0.25) is 9.59 Å². The summed E-state index contributed by atoms with van der Waals surface area (Å²) in [7, 11) is 1.54. The first kappa shape index (κ1) is 19.2. The number of H-pyrrole nitrogens is 1. The van der Waals surface area contributed by atoms with E-state index in [1.807, 2.05) is 0 Å². The molecule has 2 heterocycles. The summed E-state index contributed by atoms with van der Waals surface area (Å²) in [5, 5.41) is 17.5. The second-order valence-electron chi connectivity index (χ2n) is 6.51. The average Bonchev–Trinajstić information content (AvgIpc) is 3.17. The van der Waals surface area contributed by atoms with Gasteiger partial charge in [0.25, 0.3) is 11.5 Å². The number of nitrogens with one attached hydrogen (secondary N) is 2. The van der Waals surface area contributed by atoms with Crippen LogP contribution in [0.4, 0.5) is 4.39 Å². The van der Waals surface area contributed by atoms with E-state index in [4.69, 9.17) is 4.74 Å². The van der Waals surface area contributed by atoms with Crippen molar-refractivity contribution in [3.63, 3.8) is 0 Å². The first-order chi connectivity index (χ1) is 14.5. The number of benzene rings is 2. The van der Waals surface area contributed by atoms with E-state index in [2.05, 4.69) is 15.4 Å². The number of methoxy groups -OCH3 is 1. The first-order valence-corrected chi connectivity index (χ1v) is 8.98. The van der Waals surface area contributed by atoms with Crippen LogP contribution in [0.5, 0.6) is 11.5 Å². The molecule has 2 aromatic heterocycles. The van der Waals surface area contributed by atoms with Crippen LogP contribution in [0.1, 0.15) is 15.9 Å². The van der Waals surface area contributed by atoms with E-state index in [-0.39, 0.29) is 17.6 Å². The van der Waals surface area contributed by atoms with Crippen LogP contribution in [0.2, 0.25) is 0 Å². The zero-order valence-corrected chi connectivity index (χ0v) is 15.8. The SMILES string of the molecule is COc1cccc(CNC(=O)c2c(O)c3cnn(-c4ccc(F)cc4)c3[nH]c2=O)c1. The third kappa shape index (κ3) is 3.48. The standard InChI is InChI=1S/C21H17FN4O4/c1-30-15-4-2-3-12(9-15)10-23-20(28)17-18(27)16-11-24-26(19(16)25-21(17)29)14-7-5-13(22)6-8-14/h2-9,11H,10H2,1H3,(H,23,28)(H2,25,27,29). The third-order valence-corrected chi connectivity index (χ3v) is 4.61. The molecule has 30 heavy (non-hydrogen) atoms. The lowest BCUT2D eigenvalue weighted by Crippen LogP contribution is -2.29. The Morgan fingerprint density at radius 2 is 2.03 bits per heavy atom. The number of carbonyl (C=O) groups is 1. The molecule has 0 unspecified atom stereocenters. The third-order valence-electron chi connectivity index (χ3n) is 4.61. The molecule has 2 aromatic carbocycles. The zero-order valence-electron chi connectivity index (χ0n) is 15.8. The minimum Gasteiger partial charge on any atom is -0.506 e. The summed E-state index contributed by atoms with van der Waals surface area (Å²) in [4.78, 5) is 27.7. The van der Waals surface area contributed by atoms with E-state index >= 15 is 0 Å². The number of aromatic hydroxyl groups is 1. The molecule has 152 valence electrons. The van der Waals surface area contributed by atoms with Crippen LogP contribution in [-0.4, -0.2) is 32.9 Å². The number of fused-ring (bicyclic) bond motifs is 1. The Balaban J connectivity index is 1.65. The van der Waals surface area contributed by atoms with Gasteiger partial charge in [0.1, 0.15) is 28.5 Å². The fraction of sp³-hybridized carbons (Fsp3) is 0.0952. The molecule has 4 aromatic rings. The fourth-order valence-corrected chi connectivity index (χ4v) is 3.10. The minimum atomic E-state index is -0.771. The van der Waals surface area contributed by atoms with Gasteiger partial charge in [0, 0.05) is 6.54 Å². The maximum absolute atomic E-state index is 13.2. The lowest BCUT2D eigenvalue weighted by Gasteiger charge is -2.09. The molecule has 0 aliphatic rings. The van der Waals surface area contributed by atoms with Gasteiger partial charge in [0.05, 0.1) is 24.4 Å². The molecule has 0 saturated heterocycles. The molecular formula is C21H17FN4O4. The van der Waals surface area contributed by atoms with Gasteiger partial charge in [-0.05, 0) is 42.0 Å². The monoisotopic (exact) mass is 408 g/mol. The number of nitrogens with zero attached hydrogens (tertiary/aromatic N) is 2. The highest BCUT2D eigenvalue weighted by Crippen LogP contribution is 2.26. The predicted octanol–water partition coefficient (Wildman–Crippen LogP) is 2.50. The van der Waals surface area contributed by atoms with E-state index < -0.39 is 28.6 Å². The van der Waals surface area contributed by atoms with E-state index in [9.17, 15) is 19.1 Å². The summed E-state index contributed by atoms with van der Waals surface area (Å²) in [6.07, 6.45) is 1.32. The Labute approximate surface area is 169 Å². The summed E-state index contributed by atoms with van der Waals surface area (Å²) < 4.78 is 19.7. The molecule has 9 heteroatoms. The summed E-state index contributed by atoms with van der Waals surface area (Å²) in [5.41, 5.74) is 0.255. The van der Waals surface area contributed by atoms with E-state index in [0.29, 0.717) is 11.4 Å². The summed E-state index contributed by atoms with van der Waals surface area (Å²) in [6, 6.07) is 12.6. The van der Waals surface area contributed by atoms with Crippen LogP contribution in [0.3, 0.4) is 0 Å². The Morgan fingerprint density at radius 3 is 2.77 bits per heavy atom. The zero-order chi connectivity index (χ0) is 21.3. The normalized spacial score (nSPS) is 10.9. The molecule has 0 fully saturated rings. The molecule has 8 nitrogen and oxygen atoms in total. The Kier molecular flexibility index (Phi) is 4.93. The molecule has 0 spiro atoms. The van der Waals surface area contributed by atoms with Crippen LogP contribution in [0.25, 0.3) is 16.7 Å². The number of carbonyl (C=O) groups excluding carboxylic acids is 1. The van der Waals surface area contributed by atoms with Gasteiger partial charge in [-0.2, -0.15) is 5.10 Å². The van der Waals surface area contributed by atoms with Crippen LogP contribution >= 0.6 is 0 Å². The Morgan fingerprint density at radius 1 is 1.27 bits per heavy atom. The van der Waals surface area contributed by atoms with Gasteiger partial charge in [-0.25, -0.2) is 9.07 Å². The second-order valence-corrected chi connectivity index (χ2v) is 6.51. The minimum absolute atomic E-state index is 0.141. The number of amides is 1. The van der Waals surface area contributed by atoms with Crippen molar-refractivity contribution in [2.75, 3.05) is 7.11 Å². The lowest BCUT2D eigenvalue weighted by atomic mass is 10.1. The molecule has 0 bridgehead atoms. The van der Waals surface area contributed by atoms with Crippen LogP contribution < -0.4 is 15.6 Å². The number of rotatable bonds is 5. The lowest BCUT2D eigenvalue weighted by molar-refractivity contribution is 0.0947. The smallest absolute Gasteiger partial charge is 0.266 e. The maximum Gasteiger partial charge on any atom is 0.266 e. The maximum atomic E-state index is 13.2. The molecule has 0 aliphatic carbocycles. The molecule has 1 amide bonds. The highest BCUT2D eigenvalue weighted by molar-refractivity contribution is 6.01. The van der Waals surface area contributed by atoms with Gasteiger partial charge in [-0.15, -0.1) is 0 Å². The fourth-order valence-electron chi connectivity index (χ4n) is 3.10. The highest BCUT2D eigenvalue weighted by Gasteiger charge is 2.21. The molecular weight excluding hydrogens is 391 g/mol. The molecule has 3 N–H and O–H groups in total. The topological polar surface area (TPSA) is 109 Å². The largest absolute Gasteiger partial charge is 0.506 e. The second kappa shape index (κ2) is 7.70. The van der Waals surface area contributed by atoms with E-state index in [1.54, 1.807) is 24.3 Å². The summed E-state index contributed by atoms with van der Waals surface area (Å²) in [6.45, 7) is 0.141. The Hall–Kier alpha value is -4.14. The predicted molar refractivity (Wildman–Crippen MR) is 107 cm³/mol. The van der Waals surface area contributed by atoms with Gasteiger partial charge in [-0.1, -0.05) is 12.1 Å². The van der Waals surface area contributed by atoms with Crippen molar-refractivity contribution in [3.8, 4) is 17.2 Å². The van der Waals surface area contributed by atoms with Crippen molar-refractivity contribution in [3.05, 3.63) is 82.0 Å². The summed E-state index contributed by atoms with van der Waals surface area (Å²) in [5.74, 6) is -0.989. The van der Waals surface area contributed by atoms with Gasteiger partial charge in [0.2, 0.25) is 0 Å².